The van der Waals surface area contributed by atoms with E-state index in [2.05, 4.69) is 15.1 Å². The molecule has 0 aromatic carbocycles. The first-order valence-electron chi connectivity index (χ1n) is 6.69. The molecule has 0 saturated heterocycles. The molecule has 0 radical (unpaired) electrons. The maximum absolute atomic E-state index is 11.7. The van der Waals surface area contributed by atoms with Crippen LogP contribution in [0.1, 0.15) is 25.3 Å². The lowest BCUT2D eigenvalue weighted by molar-refractivity contribution is 0.574. The Kier molecular flexibility index (Phi) is 7.04. The number of hydrogen-bond acceptors (Lipinski definition) is 4. The van der Waals surface area contributed by atoms with Gasteiger partial charge >= 0.3 is 0 Å². The summed E-state index contributed by atoms with van der Waals surface area (Å²) in [6.45, 7) is 4.27. The van der Waals surface area contributed by atoms with Crippen molar-refractivity contribution >= 4 is 10.0 Å². The topological polar surface area (TPSA) is 76.0 Å². The Balaban J connectivity index is 2.16. The number of aromatic nitrogens is 2. The average molecular weight is 288 g/mol. The Bertz CT molecular complexity index is 456. The van der Waals surface area contributed by atoms with E-state index in [0.717, 1.165) is 25.1 Å². The van der Waals surface area contributed by atoms with Gasteiger partial charge in [-0.25, -0.2) is 13.1 Å². The van der Waals surface area contributed by atoms with Crippen molar-refractivity contribution in [1.29, 1.82) is 0 Å². The molecule has 0 bridgehead atoms. The van der Waals surface area contributed by atoms with Crippen LogP contribution in [0.4, 0.5) is 0 Å². The zero-order valence-electron chi connectivity index (χ0n) is 11.7. The summed E-state index contributed by atoms with van der Waals surface area (Å²) in [4.78, 5) is 0. The molecule has 110 valence electrons. The summed E-state index contributed by atoms with van der Waals surface area (Å²) in [5, 5.41) is 7.22. The fourth-order valence-corrected chi connectivity index (χ4v) is 2.88. The molecular formula is C12H24N4O2S. The lowest BCUT2D eigenvalue weighted by atomic mass is 10.3. The number of sulfonamides is 1. The van der Waals surface area contributed by atoms with Crippen LogP contribution in [0.15, 0.2) is 12.4 Å². The minimum absolute atomic E-state index is 0.200. The van der Waals surface area contributed by atoms with E-state index in [0.29, 0.717) is 19.4 Å². The molecule has 0 aliphatic heterocycles. The first-order valence-corrected chi connectivity index (χ1v) is 8.34. The van der Waals surface area contributed by atoms with Crippen LogP contribution in [0, 0.1) is 0 Å². The van der Waals surface area contributed by atoms with Crippen molar-refractivity contribution in [1.82, 2.24) is 19.8 Å². The molecule has 0 atom stereocenters. The van der Waals surface area contributed by atoms with Gasteiger partial charge in [-0.2, -0.15) is 5.10 Å². The van der Waals surface area contributed by atoms with E-state index in [1.165, 1.54) is 0 Å². The van der Waals surface area contributed by atoms with Gasteiger partial charge in [-0.3, -0.25) is 4.68 Å². The number of nitrogens with one attached hydrogen (secondary N) is 2. The van der Waals surface area contributed by atoms with E-state index >= 15 is 0 Å². The van der Waals surface area contributed by atoms with E-state index in [4.69, 9.17) is 0 Å². The Morgan fingerprint density at radius 2 is 2.11 bits per heavy atom. The van der Waals surface area contributed by atoms with E-state index in [9.17, 15) is 8.42 Å². The third-order valence-corrected chi connectivity index (χ3v) is 4.23. The lowest BCUT2D eigenvalue weighted by Gasteiger charge is -2.06. The molecule has 1 aromatic rings. The maximum atomic E-state index is 11.7. The molecular weight excluding hydrogens is 264 g/mol. The van der Waals surface area contributed by atoms with Gasteiger partial charge in [0.2, 0.25) is 10.0 Å². The predicted molar refractivity (Wildman–Crippen MR) is 76.5 cm³/mol. The highest BCUT2D eigenvalue weighted by molar-refractivity contribution is 7.89. The van der Waals surface area contributed by atoms with E-state index in [1.54, 1.807) is 10.9 Å². The molecule has 0 unspecified atom stereocenters. The number of unbranched alkanes of at least 4 members (excludes halogenated alkanes) is 1. The largest absolute Gasteiger partial charge is 0.317 e. The zero-order chi connectivity index (χ0) is 14.1. The summed E-state index contributed by atoms with van der Waals surface area (Å²) >= 11 is 0. The molecule has 19 heavy (non-hydrogen) atoms. The molecule has 0 aliphatic carbocycles. The second-order valence-corrected chi connectivity index (χ2v) is 6.47. The van der Waals surface area contributed by atoms with Gasteiger partial charge in [0.05, 0.1) is 11.9 Å². The first-order chi connectivity index (χ1) is 9.03. The SMILES string of the molecule is CCNCCCCS(=O)(=O)NCCc1cnn(C)c1. The van der Waals surface area contributed by atoms with Crippen LogP contribution < -0.4 is 10.0 Å². The second kappa shape index (κ2) is 8.29. The maximum Gasteiger partial charge on any atom is 0.211 e. The average Bonchev–Trinajstić information content (AvgIpc) is 2.74. The number of rotatable bonds is 10. The van der Waals surface area contributed by atoms with Crippen LogP contribution in [0.3, 0.4) is 0 Å². The van der Waals surface area contributed by atoms with Gasteiger partial charge in [0.25, 0.3) is 0 Å². The molecule has 1 rings (SSSR count). The second-order valence-electron chi connectivity index (χ2n) is 4.55. The minimum atomic E-state index is -3.14. The summed E-state index contributed by atoms with van der Waals surface area (Å²) in [7, 11) is -1.29. The molecule has 0 spiro atoms. The highest BCUT2D eigenvalue weighted by atomic mass is 32.2. The van der Waals surface area contributed by atoms with Crippen LogP contribution in [-0.2, 0) is 23.5 Å². The standard InChI is InChI=1S/C12H24N4O2S/c1-3-13-7-4-5-9-19(17,18)15-8-6-12-10-14-16(2)11-12/h10-11,13,15H,3-9H2,1-2H3. The van der Waals surface area contributed by atoms with Gasteiger partial charge in [-0.1, -0.05) is 6.92 Å². The van der Waals surface area contributed by atoms with Crippen molar-refractivity contribution in [3.05, 3.63) is 18.0 Å². The lowest BCUT2D eigenvalue weighted by Crippen LogP contribution is -2.28. The summed E-state index contributed by atoms with van der Waals surface area (Å²) < 4.78 is 27.7. The van der Waals surface area contributed by atoms with Crippen LogP contribution >= 0.6 is 0 Å². The van der Waals surface area contributed by atoms with Gasteiger partial charge in [0, 0.05) is 19.8 Å². The summed E-state index contributed by atoms with van der Waals surface area (Å²) in [5.74, 6) is 0.200. The molecule has 2 N–H and O–H groups in total. The Hall–Kier alpha value is -0.920. The third kappa shape index (κ3) is 7.29. The Labute approximate surface area is 115 Å². The minimum Gasteiger partial charge on any atom is -0.317 e. The molecule has 0 amide bonds. The van der Waals surface area contributed by atoms with E-state index in [-0.39, 0.29) is 5.75 Å². The first kappa shape index (κ1) is 16.1. The fraction of sp³-hybridized carbons (Fsp3) is 0.750. The molecule has 0 fully saturated rings. The molecule has 0 aliphatic rings. The van der Waals surface area contributed by atoms with E-state index < -0.39 is 10.0 Å². The Morgan fingerprint density at radius 1 is 1.32 bits per heavy atom. The Morgan fingerprint density at radius 3 is 2.74 bits per heavy atom. The van der Waals surface area contributed by atoms with Crippen molar-refractivity contribution in [2.75, 3.05) is 25.4 Å². The molecule has 1 aromatic heterocycles. The van der Waals surface area contributed by atoms with Crippen molar-refractivity contribution in [2.24, 2.45) is 7.05 Å². The molecule has 1 heterocycles. The van der Waals surface area contributed by atoms with Crippen molar-refractivity contribution < 1.29 is 8.42 Å². The van der Waals surface area contributed by atoms with Gasteiger partial charge in [0.15, 0.2) is 0 Å². The quantitative estimate of drug-likeness (QED) is 0.606. The zero-order valence-corrected chi connectivity index (χ0v) is 12.5. The highest BCUT2D eigenvalue weighted by Gasteiger charge is 2.09. The van der Waals surface area contributed by atoms with Crippen molar-refractivity contribution in [3.8, 4) is 0 Å². The highest BCUT2D eigenvalue weighted by Crippen LogP contribution is 1.98. The van der Waals surface area contributed by atoms with Gasteiger partial charge < -0.3 is 5.32 Å². The predicted octanol–water partition coefficient (Wildman–Crippen LogP) is 0.272. The number of nitrogens with zero attached hydrogens (tertiary/aromatic N) is 2. The van der Waals surface area contributed by atoms with Crippen LogP contribution in [-0.4, -0.2) is 43.6 Å². The number of aryl methyl sites for hydroxylation is 1. The molecule has 7 heteroatoms. The van der Waals surface area contributed by atoms with Crippen molar-refractivity contribution in [2.45, 2.75) is 26.2 Å². The third-order valence-electron chi connectivity index (χ3n) is 2.76. The fourth-order valence-electron chi connectivity index (χ4n) is 1.74. The monoisotopic (exact) mass is 288 g/mol. The van der Waals surface area contributed by atoms with Crippen LogP contribution in [0.5, 0.6) is 0 Å². The molecule has 6 nitrogen and oxygen atoms in total. The molecule has 0 saturated carbocycles. The smallest absolute Gasteiger partial charge is 0.211 e. The van der Waals surface area contributed by atoms with Gasteiger partial charge in [-0.15, -0.1) is 0 Å². The van der Waals surface area contributed by atoms with Gasteiger partial charge in [-0.05, 0) is 37.9 Å². The normalized spacial score (nSPS) is 11.9. The van der Waals surface area contributed by atoms with Crippen LogP contribution in [0.2, 0.25) is 0 Å². The van der Waals surface area contributed by atoms with Crippen molar-refractivity contribution in [3.63, 3.8) is 0 Å². The van der Waals surface area contributed by atoms with Crippen LogP contribution in [0.25, 0.3) is 0 Å². The number of hydrogen-bond donors (Lipinski definition) is 2. The summed E-state index contributed by atoms with van der Waals surface area (Å²) in [6, 6.07) is 0. The summed E-state index contributed by atoms with van der Waals surface area (Å²) in [5.41, 5.74) is 1.04. The summed E-state index contributed by atoms with van der Waals surface area (Å²) in [6.07, 6.45) is 5.90. The van der Waals surface area contributed by atoms with E-state index in [1.807, 2.05) is 20.2 Å². The van der Waals surface area contributed by atoms with Gasteiger partial charge in [0.1, 0.15) is 0 Å².